The van der Waals surface area contributed by atoms with E-state index in [0.717, 1.165) is 44.4 Å². The largest absolute Gasteiger partial charge is 0.459 e. The number of para-hydroxylation sites is 1. The van der Waals surface area contributed by atoms with Gasteiger partial charge < -0.3 is 19.7 Å². The zero-order valence-electron chi connectivity index (χ0n) is 38.1. The van der Waals surface area contributed by atoms with Gasteiger partial charge in [0.05, 0.1) is 29.2 Å². The lowest BCUT2D eigenvalue weighted by molar-refractivity contribution is -0.140. The van der Waals surface area contributed by atoms with Crippen molar-refractivity contribution < 1.29 is 37.1 Å². The third-order valence-corrected chi connectivity index (χ3v) is 14.7. The Morgan fingerprint density at radius 1 is 1.02 bits per heavy atom. The number of hydrogen-bond acceptors (Lipinski definition) is 11. The van der Waals surface area contributed by atoms with Crippen LogP contribution in [0.1, 0.15) is 142 Å². The predicted octanol–water partition coefficient (Wildman–Crippen LogP) is 7.64. The van der Waals surface area contributed by atoms with Crippen molar-refractivity contribution in [1.29, 1.82) is 0 Å². The Bertz CT molecular complexity index is 2280. The number of hydrogen-bond donors (Lipinski definition) is 2. The number of benzene rings is 1. The molecule has 6 rings (SSSR count). The Kier molecular flexibility index (Phi) is 14.0. The summed E-state index contributed by atoms with van der Waals surface area (Å²) in [5.74, 6) is -1.41. The highest BCUT2D eigenvalue weighted by molar-refractivity contribution is 7.87. The van der Waals surface area contributed by atoms with Crippen LogP contribution in [0.4, 0.5) is 4.79 Å². The van der Waals surface area contributed by atoms with Crippen molar-refractivity contribution in [2.75, 3.05) is 20.6 Å². The summed E-state index contributed by atoms with van der Waals surface area (Å²) in [5.41, 5.74) is 1.42. The number of nitrogens with zero attached hydrogens (tertiary/aromatic N) is 5. The van der Waals surface area contributed by atoms with Gasteiger partial charge in [0.2, 0.25) is 11.8 Å². The van der Waals surface area contributed by atoms with Gasteiger partial charge in [-0.05, 0) is 90.2 Å². The second kappa shape index (κ2) is 18.4. The van der Waals surface area contributed by atoms with E-state index in [9.17, 15) is 27.6 Å². The first-order valence-electron chi connectivity index (χ1n) is 22.0. The van der Waals surface area contributed by atoms with Crippen LogP contribution in [0.2, 0.25) is 0 Å². The molecule has 1 aromatic carbocycles. The van der Waals surface area contributed by atoms with Crippen molar-refractivity contribution in [3.63, 3.8) is 0 Å². The first-order valence-corrected chi connectivity index (χ1v) is 24.2. The van der Waals surface area contributed by atoms with E-state index in [1.807, 2.05) is 48.8 Å². The molecule has 62 heavy (non-hydrogen) atoms. The third kappa shape index (κ3) is 10.2. The molecule has 2 aromatic heterocycles. The van der Waals surface area contributed by atoms with Gasteiger partial charge in [-0.2, -0.15) is 17.7 Å². The lowest BCUT2D eigenvalue weighted by Crippen LogP contribution is -2.53. The molecule has 2 fully saturated rings. The number of rotatable bonds is 10. The Hall–Kier alpha value is -4.35. The van der Waals surface area contributed by atoms with Crippen LogP contribution >= 0.6 is 11.3 Å². The summed E-state index contributed by atoms with van der Waals surface area (Å²) in [5, 5.41) is 3.67. The molecule has 4 heterocycles. The fraction of sp³-hybridized carbons (Fsp3) is 0.644. The fourth-order valence-corrected chi connectivity index (χ4v) is 10.4. The number of imidazole rings is 1. The minimum Gasteiger partial charge on any atom is -0.459 e. The van der Waals surface area contributed by atoms with Crippen molar-refractivity contribution >= 4 is 56.3 Å². The van der Waals surface area contributed by atoms with Gasteiger partial charge in [0, 0.05) is 43.4 Å². The van der Waals surface area contributed by atoms with Crippen LogP contribution in [0, 0.1) is 11.3 Å². The fourth-order valence-electron chi connectivity index (χ4n) is 8.54. The minimum atomic E-state index is -4.15. The predicted molar refractivity (Wildman–Crippen MR) is 240 cm³/mol. The van der Waals surface area contributed by atoms with Crippen LogP contribution in [0.25, 0.3) is 21.6 Å². The molecule has 15 nitrogen and oxygen atoms in total. The van der Waals surface area contributed by atoms with Crippen molar-refractivity contribution in [3.8, 4) is 16.6 Å². The number of ether oxygens (including phenoxy) is 2. The molecule has 3 aromatic rings. The van der Waals surface area contributed by atoms with E-state index in [1.165, 1.54) is 23.9 Å². The van der Waals surface area contributed by atoms with E-state index in [1.54, 1.807) is 32.1 Å². The Morgan fingerprint density at radius 3 is 2.37 bits per heavy atom. The average molecular weight is 896 g/mol. The second-order valence-corrected chi connectivity index (χ2v) is 22.1. The maximum Gasteiger partial charge on any atom is 0.408 e. The molecule has 340 valence electrons. The molecule has 3 aliphatic rings. The molecule has 3 amide bonds. The molecule has 17 heteroatoms. The van der Waals surface area contributed by atoms with Gasteiger partial charge in [-0.1, -0.05) is 58.8 Å². The summed E-state index contributed by atoms with van der Waals surface area (Å²) in [4.78, 5) is 69.5. The summed E-state index contributed by atoms with van der Waals surface area (Å²) in [6.45, 7) is 18.0. The van der Waals surface area contributed by atoms with Gasteiger partial charge in [-0.15, -0.1) is 11.3 Å². The summed E-state index contributed by atoms with van der Waals surface area (Å²) in [6.07, 6.45) is 5.75. The van der Waals surface area contributed by atoms with Crippen molar-refractivity contribution in [1.82, 2.24) is 33.8 Å². The smallest absolute Gasteiger partial charge is 0.408 e. The van der Waals surface area contributed by atoms with Crippen LogP contribution < -0.4 is 14.8 Å². The lowest BCUT2D eigenvalue weighted by Gasteiger charge is -2.30. The second-order valence-electron chi connectivity index (χ2n) is 19.2. The summed E-state index contributed by atoms with van der Waals surface area (Å²) < 4.78 is 43.2. The molecule has 1 aliphatic carbocycles. The summed E-state index contributed by atoms with van der Waals surface area (Å²) in [7, 11) is -1.50. The van der Waals surface area contributed by atoms with Crippen LogP contribution in [0.15, 0.2) is 30.4 Å². The van der Waals surface area contributed by atoms with Gasteiger partial charge in [0.1, 0.15) is 28.3 Å². The summed E-state index contributed by atoms with van der Waals surface area (Å²) in [6, 6.07) is 4.24. The van der Waals surface area contributed by atoms with Crippen molar-refractivity contribution in [2.45, 2.75) is 155 Å². The van der Waals surface area contributed by atoms with Gasteiger partial charge in [0.15, 0.2) is 5.78 Å². The number of allylic oxidation sites excluding steroid dienone is 2. The van der Waals surface area contributed by atoms with E-state index in [2.05, 4.69) is 37.7 Å². The number of carbonyl (C=O) groups is 4. The highest BCUT2D eigenvalue weighted by Gasteiger charge is 2.61. The monoisotopic (exact) mass is 895 g/mol. The number of carbonyl (C=O) groups excluding carboxylic acids is 4. The SMILES string of the molecule is CC(C)c1nc(-c2cccc3c2nc(O[C@@H]2C[C@H]4C(=O)C[C@]5(C(=O)NS(=O)(=O)N(C)C)C[C@H]5/C=C\CCCCC[C@H](NC(=O)OC(C)(C)C)C(=O)N4C2)n3C(C)C)sc1C(C)C. The highest BCUT2D eigenvalue weighted by atomic mass is 32.2. The number of thiazole rings is 1. The number of ketones is 1. The number of alkyl carbamates (subject to hydrolysis) is 1. The molecule has 1 saturated carbocycles. The molecule has 2 aliphatic heterocycles. The van der Waals surface area contributed by atoms with E-state index in [4.69, 9.17) is 19.4 Å². The number of Topliss-reactive ketones (excluding diaryl/α,β-unsaturated/α-hetero) is 1. The Balaban J connectivity index is 1.38. The van der Waals surface area contributed by atoms with E-state index in [0.29, 0.717) is 31.2 Å². The Morgan fingerprint density at radius 2 is 1.74 bits per heavy atom. The van der Waals surface area contributed by atoms with E-state index >= 15 is 0 Å². The minimum absolute atomic E-state index is 0.00933. The Labute approximate surface area is 370 Å². The lowest BCUT2D eigenvalue weighted by atomic mass is 9.91. The highest BCUT2D eigenvalue weighted by Crippen LogP contribution is 2.57. The molecule has 2 N–H and O–H groups in total. The van der Waals surface area contributed by atoms with Gasteiger partial charge in [-0.25, -0.2) is 14.5 Å². The molecule has 1 saturated heterocycles. The molecule has 0 spiro atoms. The number of amides is 3. The topological polar surface area (TPSA) is 182 Å². The van der Waals surface area contributed by atoms with Crippen molar-refractivity contribution in [3.05, 3.63) is 40.9 Å². The molecular weight excluding hydrogens is 831 g/mol. The number of fused-ring (bicyclic) bond motifs is 3. The van der Waals surface area contributed by atoms with Crippen LogP contribution in [-0.2, 0) is 29.3 Å². The average Bonchev–Trinajstić information content (AvgIpc) is 3.50. The quantitative estimate of drug-likeness (QED) is 0.192. The van der Waals surface area contributed by atoms with Crippen LogP contribution in [0.5, 0.6) is 6.01 Å². The van der Waals surface area contributed by atoms with Crippen molar-refractivity contribution in [2.24, 2.45) is 11.3 Å². The maximum atomic E-state index is 14.8. The molecule has 0 bridgehead atoms. The maximum absolute atomic E-state index is 14.8. The third-order valence-electron chi connectivity index (χ3n) is 11.9. The van der Waals surface area contributed by atoms with Crippen LogP contribution in [0.3, 0.4) is 0 Å². The first-order chi connectivity index (χ1) is 29.0. The molecule has 0 unspecified atom stereocenters. The van der Waals surface area contributed by atoms with E-state index < -0.39 is 63.1 Å². The zero-order chi connectivity index (χ0) is 45.5. The number of aromatic nitrogens is 3. The normalized spacial score (nSPS) is 24.5. The summed E-state index contributed by atoms with van der Waals surface area (Å²) >= 11 is 1.67. The molecular formula is C45H65N7O8S2. The first kappa shape index (κ1) is 47.1. The molecule has 0 radical (unpaired) electrons. The van der Waals surface area contributed by atoms with Gasteiger partial charge in [0.25, 0.3) is 6.01 Å². The standard InChI is InChI=1S/C45H65N7O8S2/c1-26(2)36-38(27(3)4)61-39(47-36)31-19-17-21-33-37(31)48-42(52(33)28(5)6)59-30-22-34-35(53)24-45(41(55)49-62(57,58)50(10)11)23-29(45)18-15-13-12-14-16-20-32(40(54)51(34)25-30)46-43(56)60-44(7,8)9/h15,17-19,21,26-30,32,34H,12-14,16,20,22-25H2,1-11H3,(H,46,56)(H,49,55)/b18-15-/t29-,30-,32+,34+,45-/m1/s1. The molecule has 5 atom stereocenters. The zero-order valence-corrected chi connectivity index (χ0v) is 39.7. The van der Waals surface area contributed by atoms with Gasteiger partial charge in [-0.3, -0.25) is 19.0 Å². The van der Waals surface area contributed by atoms with Crippen LogP contribution in [-0.4, -0.2) is 100 Å². The van der Waals surface area contributed by atoms with Gasteiger partial charge >= 0.3 is 16.3 Å². The van der Waals surface area contributed by atoms with E-state index in [-0.39, 0.29) is 43.7 Å². The number of nitrogens with one attached hydrogen (secondary N) is 2.